The molecule has 5 heteroatoms. The molecule has 0 amide bonds. The smallest absolute Gasteiger partial charge is 0.161 e. The van der Waals surface area contributed by atoms with Gasteiger partial charge in [0, 0.05) is 12.6 Å². The van der Waals surface area contributed by atoms with Crippen LogP contribution in [0.3, 0.4) is 0 Å². The number of fused-ring (bicyclic) bond motifs is 1. The molecule has 1 atom stereocenters. The van der Waals surface area contributed by atoms with E-state index in [1.165, 1.54) is 11.1 Å². The summed E-state index contributed by atoms with van der Waals surface area (Å²) in [5, 5.41) is 12.4. The number of methoxy groups -OCH3 is 2. The number of unbranched alkanes of at least 4 members (excludes halogenated alkanes) is 2. The van der Waals surface area contributed by atoms with Gasteiger partial charge in [0.25, 0.3) is 0 Å². The van der Waals surface area contributed by atoms with Crippen LogP contribution in [0.2, 0.25) is 0 Å². The molecule has 2 rings (SSSR count). The molecule has 0 saturated carbocycles. The summed E-state index contributed by atoms with van der Waals surface area (Å²) in [6, 6.07) is 4.60. The van der Waals surface area contributed by atoms with E-state index in [2.05, 4.69) is 17.4 Å². The Labute approximate surface area is 133 Å². The lowest BCUT2D eigenvalue weighted by Crippen LogP contribution is -2.29. The lowest BCUT2D eigenvalue weighted by molar-refractivity contribution is 0.280. The summed E-state index contributed by atoms with van der Waals surface area (Å²) in [4.78, 5) is 0. The Bertz CT molecular complexity index is 440. The first-order valence-corrected chi connectivity index (χ1v) is 7.39. The van der Waals surface area contributed by atoms with Crippen molar-refractivity contribution in [3.05, 3.63) is 23.3 Å². The van der Waals surface area contributed by atoms with Crippen molar-refractivity contribution < 1.29 is 14.6 Å². The number of aliphatic hydroxyl groups is 1. The molecular weight excluding hydrogens is 290 g/mol. The van der Waals surface area contributed by atoms with E-state index in [1.807, 2.05) is 0 Å². The fourth-order valence-corrected chi connectivity index (χ4v) is 2.86. The molecule has 0 saturated heterocycles. The highest BCUT2D eigenvalue weighted by molar-refractivity contribution is 5.85. The van der Waals surface area contributed by atoms with Crippen molar-refractivity contribution in [2.45, 2.75) is 38.1 Å². The summed E-state index contributed by atoms with van der Waals surface area (Å²) in [6.07, 6.45) is 5.24. The van der Waals surface area contributed by atoms with E-state index in [0.29, 0.717) is 12.6 Å². The van der Waals surface area contributed by atoms with Crippen molar-refractivity contribution in [3.8, 4) is 11.5 Å². The van der Waals surface area contributed by atoms with Crippen LogP contribution in [-0.2, 0) is 6.42 Å². The molecule has 120 valence electrons. The second kappa shape index (κ2) is 9.13. The largest absolute Gasteiger partial charge is 0.493 e. The fraction of sp³-hybridized carbons (Fsp3) is 0.625. The molecule has 0 bridgehead atoms. The first-order chi connectivity index (χ1) is 9.80. The van der Waals surface area contributed by atoms with Crippen molar-refractivity contribution in [3.63, 3.8) is 0 Å². The van der Waals surface area contributed by atoms with Gasteiger partial charge in [0.1, 0.15) is 0 Å². The van der Waals surface area contributed by atoms with Crippen molar-refractivity contribution in [2.24, 2.45) is 0 Å². The zero-order valence-electron chi connectivity index (χ0n) is 12.9. The number of aliphatic hydroxyl groups excluding tert-OH is 1. The molecule has 0 radical (unpaired) electrons. The van der Waals surface area contributed by atoms with Crippen molar-refractivity contribution >= 4 is 12.4 Å². The summed E-state index contributed by atoms with van der Waals surface area (Å²) < 4.78 is 10.8. The van der Waals surface area contributed by atoms with Gasteiger partial charge in [0.15, 0.2) is 11.5 Å². The van der Waals surface area contributed by atoms with Gasteiger partial charge in [-0.15, -0.1) is 12.4 Å². The molecule has 1 heterocycles. The van der Waals surface area contributed by atoms with Crippen molar-refractivity contribution in [2.75, 3.05) is 27.4 Å². The Hall–Kier alpha value is -0.970. The number of nitrogens with one attached hydrogen (secondary N) is 1. The number of ether oxygens (including phenoxy) is 2. The Morgan fingerprint density at radius 2 is 1.86 bits per heavy atom. The first kappa shape index (κ1) is 18.1. The predicted octanol–water partition coefficient (Wildman–Crippen LogP) is 2.87. The molecule has 0 spiro atoms. The summed E-state index contributed by atoms with van der Waals surface area (Å²) in [5.41, 5.74) is 2.69. The van der Waals surface area contributed by atoms with E-state index >= 15 is 0 Å². The Morgan fingerprint density at radius 3 is 2.52 bits per heavy atom. The minimum Gasteiger partial charge on any atom is -0.493 e. The van der Waals surface area contributed by atoms with Crippen LogP contribution in [-0.4, -0.2) is 32.5 Å². The maximum Gasteiger partial charge on any atom is 0.161 e. The first-order valence-electron chi connectivity index (χ1n) is 7.39. The van der Waals surface area contributed by atoms with E-state index < -0.39 is 0 Å². The minimum atomic E-state index is 0. The third kappa shape index (κ3) is 4.50. The Morgan fingerprint density at radius 1 is 1.14 bits per heavy atom. The van der Waals surface area contributed by atoms with Crippen molar-refractivity contribution in [1.29, 1.82) is 0 Å². The molecule has 0 aliphatic carbocycles. The van der Waals surface area contributed by atoms with Gasteiger partial charge in [-0.2, -0.15) is 0 Å². The summed E-state index contributed by atoms with van der Waals surface area (Å²) in [7, 11) is 3.36. The van der Waals surface area contributed by atoms with Gasteiger partial charge in [0.05, 0.1) is 14.2 Å². The predicted molar refractivity (Wildman–Crippen MR) is 86.8 cm³/mol. The second-order valence-electron chi connectivity index (χ2n) is 5.24. The molecule has 1 aliphatic rings. The molecule has 4 nitrogen and oxygen atoms in total. The van der Waals surface area contributed by atoms with Gasteiger partial charge in [-0.05, 0) is 49.1 Å². The molecule has 1 aromatic carbocycles. The average Bonchev–Trinajstić information content (AvgIpc) is 2.50. The highest BCUT2D eigenvalue weighted by atomic mass is 35.5. The fourth-order valence-electron chi connectivity index (χ4n) is 2.86. The topological polar surface area (TPSA) is 50.7 Å². The molecule has 0 fully saturated rings. The minimum absolute atomic E-state index is 0. The molecule has 1 unspecified atom stereocenters. The summed E-state index contributed by atoms with van der Waals surface area (Å²) in [6.45, 7) is 1.30. The molecule has 1 aliphatic heterocycles. The van der Waals surface area contributed by atoms with Gasteiger partial charge in [-0.25, -0.2) is 0 Å². The second-order valence-corrected chi connectivity index (χ2v) is 5.24. The number of benzene rings is 1. The van der Waals surface area contributed by atoms with E-state index in [9.17, 15) is 0 Å². The standard InChI is InChI=1S/C16H25NO3.ClH/c1-19-15-10-12-7-8-17-14(6-4-3-5-9-18)13(12)11-16(15)20-2;/h10-11,14,17-18H,3-9H2,1-2H3;1H. The highest BCUT2D eigenvalue weighted by Crippen LogP contribution is 2.36. The number of rotatable bonds is 7. The third-order valence-corrected chi connectivity index (χ3v) is 3.96. The van der Waals surface area contributed by atoms with Crippen LogP contribution in [0, 0.1) is 0 Å². The van der Waals surface area contributed by atoms with Crippen LogP contribution in [0.5, 0.6) is 11.5 Å². The molecule has 21 heavy (non-hydrogen) atoms. The molecule has 1 aromatic rings. The number of halogens is 1. The zero-order chi connectivity index (χ0) is 14.4. The van der Waals surface area contributed by atoms with Crippen LogP contribution in [0.25, 0.3) is 0 Å². The van der Waals surface area contributed by atoms with Crippen LogP contribution in [0.4, 0.5) is 0 Å². The lowest BCUT2D eigenvalue weighted by Gasteiger charge is -2.28. The normalized spacial score (nSPS) is 16.8. The summed E-state index contributed by atoms with van der Waals surface area (Å²) >= 11 is 0. The molecule has 0 aromatic heterocycles. The third-order valence-electron chi connectivity index (χ3n) is 3.96. The number of hydrogen-bond acceptors (Lipinski definition) is 4. The van der Waals surface area contributed by atoms with Gasteiger partial charge >= 0.3 is 0 Å². The molecule has 2 N–H and O–H groups in total. The van der Waals surface area contributed by atoms with Crippen molar-refractivity contribution in [1.82, 2.24) is 5.32 Å². The maximum absolute atomic E-state index is 8.84. The quantitative estimate of drug-likeness (QED) is 0.760. The highest BCUT2D eigenvalue weighted by Gasteiger charge is 2.22. The van der Waals surface area contributed by atoms with Crippen LogP contribution in [0.1, 0.15) is 42.9 Å². The van der Waals surface area contributed by atoms with E-state index in [1.54, 1.807) is 14.2 Å². The van der Waals surface area contributed by atoms with Gasteiger partial charge in [-0.1, -0.05) is 12.8 Å². The van der Waals surface area contributed by atoms with Gasteiger partial charge in [-0.3, -0.25) is 0 Å². The zero-order valence-corrected chi connectivity index (χ0v) is 13.7. The van der Waals surface area contributed by atoms with Crippen LogP contribution < -0.4 is 14.8 Å². The lowest BCUT2D eigenvalue weighted by atomic mass is 9.90. The van der Waals surface area contributed by atoms with Gasteiger partial charge < -0.3 is 19.9 Å². The molecular formula is C16H26ClNO3. The van der Waals surface area contributed by atoms with Crippen LogP contribution in [0.15, 0.2) is 12.1 Å². The van der Waals surface area contributed by atoms with Crippen LogP contribution >= 0.6 is 12.4 Å². The average molecular weight is 316 g/mol. The maximum atomic E-state index is 8.84. The van der Waals surface area contributed by atoms with E-state index in [4.69, 9.17) is 14.6 Å². The van der Waals surface area contributed by atoms with E-state index in [-0.39, 0.29) is 12.4 Å². The SMILES string of the molecule is COc1cc2c(cc1OC)C(CCCCCO)NCC2.Cl. The van der Waals surface area contributed by atoms with Gasteiger partial charge in [0.2, 0.25) is 0 Å². The Balaban J connectivity index is 0.00000220. The van der Waals surface area contributed by atoms with E-state index in [0.717, 1.165) is 50.1 Å². The monoisotopic (exact) mass is 315 g/mol. The summed E-state index contributed by atoms with van der Waals surface area (Å²) in [5.74, 6) is 1.61. The number of hydrogen-bond donors (Lipinski definition) is 2. The Kier molecular flexibility index (Phi) is 7.86.